The molecule has 0 atom stereocenters. The second-order valence-corrected chi connectivity index (χ2v) is 5.88. The van der Waals surface area contributed by atoms with Gasteiger partial charge < -0.3 is 9.73 Å². The zero-order valence-electron chi connectivity index (χ0n) is 11.5. The molecule has 3 aromatic rings. The van der Waals surface area contributed by atoms with E-state index in [0.717, 1.165) is 26.6 Å². The molecule has 1 amide bonds. The Labute approximate surface area is 131 Å². The molecule has 0 saturated carbocycles. The first-order chi connectivity index (χ1) is 10.1. The van der Waals surface area contributed by atoms with Crippen molar-refractivity contribution >= 4 is 32.8 Å². The maximum atomic E-state index is 12.1. The number of carbonyl (C=O) groups is 1. The van der Waals surface area contributed by atoms with E-state index in [1.807, 2.05) is 49.4 Å². The van der Waals surface area contributed by atoms with Gasteiger partial charge in [0.05, 0.1) is 0 Å². The molecule has 1 heterocycles. The number of aryl methyl sites for hydroxylation is 1. The van der Waals surface area contributed by atoms with Gasteiger partial charge in [-0.15, -0.1) is 0 Å². The molecule has 0 radical (unpaired) electrons. The molecule has 0 spiro atoms. The summed E-state index contributed by atoms with van der Waals surface area (Å²) in [6, 6.07) is 15.5. The highest BCUT2D eigenvalue weighted by atomic mass is 79.9. The molecule has 4 heteroatoms. The number of benzene rings is 2. The van der Waals surface area contributed by atoms with Crippen LogP contribution in [-0.4, -0.2) is 5.91 Å². The van der Waals surface area contributed by atoms with Gasteiger partial charge >= 0.3 is 0 Å². The molecule has 0 aliphatic carbocycles. The zero-order chi connectivity index (χ0) is 14.8. The number of nitrogens with one attached hydrogen (secondary N) is 1. The van der Waals surface area contributed by atoms with Crippen molar-refractivity contribution in [3.63, 3.8) is 0 Å². The minimum Gasteiger partial charge on any atom is -0.451 e. The van der Waals surface area contributed by atoms with Crippen molar-refractivity contribution in [1.82, 2.24) is 5.32 Å². The van der Waals surface area contributed by atoms with E-state index in [9.17, 15) is 4.79 Å². The highest BCUT2D eigenvalue weighted by Crippen LogP contribution is 2.20. The van der Waals surface area contributed by atoms with E-state index in [-0.39, 0.29) is 5.91 Å². The third kappa shape index (κ3) is 3.16. The van der Waals surface area contributed by atoms with Crippen molar-refractivity contribution in [3.05, 3.63) is 69.9 Å². The molecule has 1 aromatic heterocycles. The number of hydrogen-bond acceptors (Lipinski definition) is 2. The Morgan fingerprint density at radius 2 is 2.05 bits per heavy atom. The van der Waals surface area contributed by atoms with Crippen LogP contribution in [0.1, 0.15) is 21.7 Å². The molecule has 3 rings (SSSR count). The standard InChI is InChI=1S/C17H14BrNO2/c1-11-5-6-15-13(7-11)9-16(21-15)17(20)19-10-12-3-2-4-14(18)8-12/h2-9H,10H2,1H3,(H,19,20). The van der Waals surface area contributed by atoms with Crippen molar-refractivity contribution in [1.29, 1.82) is 0 Å². The van der Waals surface area contributed by atoms with Crippen LogP contribution in [0.25, 0.3) is 11.0 Å². The number of hydrogen-bond donors (Lipinski definition) is 1. The molecule has 0 unspecified atom stereocenters. The van der Waals surface area contributed by atoms with Crippen LogP contribution < -0.4 is 5.32 Å². The van der Waals surface area contributed by atoms with Gasteiger partial charge in [-0.2, -0.15) is 0 Å². The van der Waals surface area contributed by atoms with Gasteiger partial charge in [-0.1, -0.05) is 39.7 Å². The van der Waals surface area contributed by atoms with Crippen LogP contribution in [0, 0.1) is 6.92 Å². The Morgan fingerprint density at radius 1 is 1.19 bits per heavy atom. The monoisotopic (exact) mass is 343 g/mol. The third-order valence-electron chi connectivity index (χ3n) is 3.24. The minimum atomic E-state index is -0.205. The van der Waals surface area contributed by atoms with Gasteiger partial charge in [0.25, 0.3) is 5.91 Å². The average molecular weight is 344 g/mol. The molecule has 0 bridgehead atoms. The van der Waals surface area contributed by atoms with E-state index in [2.05, 4.69) is 21.2 Å². The third-order valence-corrected chi connectivity index (χ3v) is 3.73. The maximum absolute atomic E-state index is 12.1. The van der Waals surface area contributed by atoms with Crippen molar-refractivity contribution in [2.75, 3.05) is 0 Å². The summed E-state index contributed by atoms with van der Waals surface area (Å²) in [4.78, 5) is 12.1. The summed E-state index contributed by atoms with van der Waals surface area (Å²) in [7, 11) is 0. The molecule has 2 aromatic carbocycles. The van der Waals surface area contributed by atoms with Crippen LogP contribution in [0.3, 0.4) is 0 Å². The van der Waals surface area contributed by atoms with Crippen molar-refractivity contribution < 1.29 is 9.21 Å². The first kappa shape index (κ1) is 13.9. The van der Waals surface area contributed by atoms with Crippen LogP contribution in [0.2, 0.25) is 0 Å². The predicted molar refractivity (Wildman–Crippen MR) is 86.3 cm³/mol. The number of carbonyl (C=O) groups excluding carboxylic acids is 1. The Hall–Kier alpha value is -2.07. The molecule has 3 nitrogen and oxygen atoms in total. The van der Waals surface area contributed by atoms with Gasteiger partial charge in [-0.3, -0.25) is 4.79 Å². The normalized spacial score (nSPS) is 10.8. The van der Waals surface area contributed by atoms with Crippen molar-refractivity contribution in [2.24, 2.45) is 0 Å². The van der Waals surface area contributed by atoms with E-state index in [1.54, 1.807) is 6.07 Å². The first-order valence-corrected chi connectivity index (χ1v) is 7.44. The van der Waals surface area contributed by atoms with Gasteiger partial charge in [0.2, 0.25) is 0 Å². The van der Waals surface area contributed by atoms with Crippen molar-refractivity contribution in [3.8, 4) is 0 Å². The van der Waals surface area contributed by atoms with Gasteiger partial charge in [-0.25, -0.2) is 0 Å². The van der Waals surface area contributed by atoms with E-state index in [0.29, 0.717) is 12.3 Å². The number of rotatable bonds is 3. The van der Waals surface area contributed by atoms with Crippen LogP contribution in [0.15, 0.2) is 57.4 Å². The summed E-state index contributed by atoms with van der Waals surface area (Å²) in [5.41, 5.74) is 2.90. The number of fused-ring (bicyclic) bond motifs is 1. The van der Waals surface area contributed by atoms with E-state index >= 15 is 0 Å². The van der Waals surface area contributed by atoms with Gasteiger partial charge in [0.1, 0.15) is 5.58 Å². The molecule has 0 aliphatic rings. The topological polar surface area (TPSA) is 42.2 Å². The van der Waals surface area contributed by atoms with Crippen LogP contribution in [-0.2, 0) is 6.54 Å². The molecule has 106 valence electrons. The molecule has 1 N–H and O–H groups in total. The maximum Gasteiger partial charge on any atom is 0.287 e. The Kier molecular flexibility index (Phi) is 3.80. The average Bonchev–Trinajstić information content (AvgIpc) is 2.88. The van der Waals surface area contributed by atoms with Gasteiger partial charge in [-0.05, 0) is 42.8 Å². The lowest BCUT2D eigenvalue weighted by atomic mass is 10.2. The minimum absolute atomic E-state index is 0.205. The predicted octanol–water partition coefficient (Wildman–Crippen LogP) is 4.43. The van der Waals surface area contributed by atoms with Gasteiger partial charge in [0, 0.05) is 16.4 Å². The van der Waals surface area contributed by atoms with E-state index in [4.69, 9.17) is 4.42 Å². The summed E-state index contributed by atoms with van der Waals surface area (Å²) in [6.45, 7) is 2.48. The fourth-order valence-electron chi connectivity index (χ4n) is 2.19. The fraction of sp³-hybridized carbons (Fsp3) is 0.118. The highest BCUT2D eigenvalue weighted by molar-refractivity contribution is 9.10. The van der Waals surface area contributed by atoms with Gasteiger partial charge in [0.15, 0.2) is 5.76 Å². The first-order valence-electron chi connectivity index (χ1n) is 6.65. The quantitative estimate of drug-likeness (QED) is 0.764. The molecule has 0 aliphatic heterocycles. The summed E-state index contributed by atoms with van der Waals surface area (Å²) in [5, 5.41) is 3.81. The fourth-order valence-corrected chi connectivity index (χ4v) is 2.64. The zero-order valence-corrected chi connectivity index (χ0v) is 13.1. The number of amides is 1. The van der Waals surface area contributed by atoms with Crippen LogP contribution in [0.5, 0.6) is 0 Å². The lowest BCUT2D eigenvalue weighted by Crippen LogP contribution is -2.22. The summed E-state index contributed by atoms with van der Waals surface area (Å²) in [6.07, 6.45) is 0. The lowest BCUT2D eigenvalue weighted by molar-refractivity contribution is 0.0925. The Bertz CT molecular complexity index is 807. The number of furan rings is 1. The van der Waals surface area contributed by atoms with Crippen LogP contribution >= 0.6 is 15.9 Å². The molecule has 0 fully saturated rings. The number of halogens is 1. The molecule has 0 saturated heterocycles. The lowest BCUT2D eigenvalue weighted by Gasteiger charge is -2.03. The second kappa shape index (κ2) is 5.74. The molecular weight excluding hydrogens is 330 g/mol. The molecule has 21 heavy (non-hydrogen) atoms. The Balaban J connectivity index is 1.74. The second-order valence-electron chi connectivity index (χ2n) is 4.96. The van der Waals surface area contributed by atoms with Crippen molar-refractivity contribution in [2.45, 2.75) is 13.5 Å². The van der Waals surface area contributed by atoms with E-state index < -0.39 is 0 Å². The summed E-state index contributed by atoms with van der Waals surface area (Å²) < 4.78 is 6.57. The van der Waals surface area contributed by atoms with Crippen LogP contribution in [0.4, 0.5) is 0 Å². The smallest absolute Gasteiger partial charge is 0.287 e. The largest absolute Gasteiger partial charge is 0.451 e. The summed E-state index contributed by atoms with van der Waals surface area (Å²) in [5.74, 6) is 0.134. The molecular formula is C17H14BrNO2. The highest BCUT2D eigenvalue weighted by Gasteiger charge is 2.12. The van der Waals surface area contributed by atoms with E-state index in [1.165, 1.54) is 0 Å². The SMILES string of the molecule is Cc1ccc2oc(C(=O)NCc3cccc(Br)c3)cc2c1. The summed E-state index contributed by atoms with van der Waals surface area (Å²) >= 11 is 3.41. The Morgan fingerprint density at radius 3 is 2.86 bits per heavy atom.